The minimum atomic E-state index is -0.368. The normalized spacial score (nSPS) is 19.2. The molecule has 0 aromatic heterocycles. The third kappa shape index (κ3) is 2.50. The van der Waals surface area contributed by atoms with E-state index in [9.17, 15) is 4.79 Å². The molecule has 1 fully saturated rings. The minimum Gasteiger partial charge on any atom is -0.460 e. The fraction of sp³-hybridized carbons (Fsp3) is 0.875. The average Bonchev–Trinajstić information content (AvgIpc) is 1.50. The molecule has 0 amide bonds. The predicted molar refractivity (Wildman–Crippen MR) is 40.2 cm³/mol. The first-order valence-corrected chi connectivity index (χ1v) is 3.79. The second kappa shape index (κ2) is 2.81. The molecule has 0 aromatic rings. The number of hydrogen-bond acceptors (Lipinski definition) is 3. The Balaban J connectivity index is 2.31. The third-order valence-corrected chi connectivity index (χ3v) is 1.38. The highest BCUT2D eigenvalue weighted by atomic mass is 16.6. The van der Waals surface area contributed by atoms with Gasteiger partial charge in [-0.3, -0.25) is 4.79 Å². The van der Waals surface area contributed by atoms with Crippen LogP contribution in [-0.2, 0) is 14.3 Å². The maximum Gasteiger partial charge on any atom is 0.314 e. The van der Waals surface area contributed by atoms with Gasteiger partial charge in [-0.05, 0) is 20.8 Å². The van der Waals surface area contributed by atoms with E-state index in [1.165, 1.54) is 0 Å². The van der Waals surface area contributed by atoms with Gasteiger partial charge in [0.25, 0.3) is 0 Å². The Morgan fingerprint density at radius 3 is 2.27 bits per heavy atom. The summed E-state index contributed by atoms with van der Waals surface area (Å²) < 4.78 is 9.99. The van der Waals surface area contributed by atoms with Gasteiger partial charge in [-0.2, -0.15) is 0 Å². The van der Waals surface area contributed by atoms with Crippen molar-refractivity contribution in [3.05, 3.63) is 0 Å². The van der Waals surface area contributed by atoms with Gasteiger partial charge in [-0.15, -0.1) is 0 Å². The fourth-order valence-corrected chi connectivity index (χ4v) is 0.757. The van der Waals surface area contributed by atoms with Gasteiger partial charge in [0.05, 0.1) is 13.2 Å². The minimum absolute atomic E-state index is 0.0192. The average molecular weight is 158 g/mol. The topological polar surface area (TPSA) is 35.5 Å². The Labute approximate surface area is 66.7 Å². The summed E-state index contributed by atoms with van der Waals surface area (Å²) in [6.07, 6.45) is 0. The van der Waals surface area contributed by atoms with Crippen LogP contribution < -0.4 is 0 Å². The van der Waals surface area contributed by atoms with E-state index in [4.69, 9.17) is 9.47 Å². The maximum atomic E-state index is 11.1. The number of carbonyl (C=O) groups is 1. The van der Waals surface area contributed by atoms with Crippen LogP contribution in [0.15, 0.2) is 0 Å². The highest BCUT2D eigenvalue weighted by Crippen LogP contribution is 2.16. The van der Waals surface area contributed by atoms with E-state index in [1.807, 2.05) is 20.8 Å². The third-order valence-electron chi connectivity index (χ3n) is 1.38. The maximum absolute atomic E-state index is 11.1. The molecule has 0 aromatic carbocycles. The molecule has 0 spiro atoms. The van der Waals surface area contributed by atoms with Gasteiger partial charge in [0.15, 0.2) is 0 Å². The second-order valence-corrected chi connectivity index (χ2v) is 3.77. The molecule has 64 valence electrons. The standard InChI is InChI=1S/C8H14O3/c1-8(2,3)11-7(9)6-4-10-5-6/h6H,4-5H2,1-3H3. The lowest BCUT2D eigenvalue weighted by Crippen LogP contribution is -2.39. The molecule has 3 heteroatoms. The lowest BCUT2D eigenvalue weighted by molar-refractivity contribution is -0.174. The Morgan fingerprint density at radius 2 is 2.00 bits per heavy atom. The zero-order chi connectivity index (χ0) is 8.48. The van der Waals surface area contributed by atoms with Gasteiger partial charge in [0, 0.05) is 0 Å². The summed E-state index contributed by atoms with van der Waals surface area (Å²) in [5, 5.41) is 0. The lowest BCUT2D eigenvalue weighted by Gasteiger charge is -2.28. The number of ether oxygens (including phenoxy) is 2. The zero-order valence-electron chi connectivity index (χ0n) is 7.22. The first kappa shape index (κ1) is 8.53. The van der Waals surface area contributed by atoms with Crippen molar-refractivity contribution >= 4 is 5.97 Å². The molecule has 0 radical (unpaired) electrons. The van der Waals surface area contributed by atoms with Crippen molar-refractivity contribution in [2.75, 3.05) is 13.2 Å². The van der Waals surface area contributed by atoms with Gasteiger partial charge < -0.3 is 9.47 Å². The van der Waals surface area contributed by atoms with Gasteiger partial charge in [-0.1, -0.05) is 0 Å². The summed E-state index contributed by atoms with van der Waals surface area (Å²) in [4.78, 5) is 11.1. The first-order valence-electron chi connectivity index (χ1n) is 3.79. The molecular formula is C8H14O3. The van der Waals surface area contributed by atoms with Crippen LogP contribution in [0.3, 0.4) is 0 Å². The Morgan fingerprint density at radius 1 is 1.45 bits per heavy atom. The van der Waals surface area contributed by atoms with Crippen molar-refractivity contribution in [3.8, 4) is 0 Å². The van der Waals surface area contributed by atoms with Crippen molar-refractivity contribution in [3.63, 3.8) is 0 Å². The summed E-state index contributed by atoms with van der Waals surface area (Å²) in [5.41, 5.74) is -0.368. The van der Waals surface area contributed by atoms with E-state index >= 15 is 0 Å². The predicted octanol–water partition coefficient (Wildman–Crippen LogP) is 0.974. The second-order valence-electron chi connectivity index (χ2n) is 3.77. The Bertz CT molecular complexity index is 153. The van der Waals surface area contributed by atoms with E-state index in [2.05, 4.69) is 0 Å². The molecule has 0 atom stereocenters. The van der Waals surface area contributed by atoms with E-state index in [1.54, 1.807) is 0 Å². The van der Waals surface area contributed by atoms with Gasteiger partial charge in [0.1, 0.15) is 11.5 Å². The van der Waals surface area contributed by atoms with Crippen LogP contribution >= 0.6 is 0 Å². The quantitative estimate of drug-likeness (QED) is 0.533. The number of carbonyl (C=O) groups excluding carboxylic acids is 1. The van der Waals surface area contributed by atoms with Crippen molar-refractivity contribution in [1.82, 2.24) is 0 Å². The molecule has 1 aliphatic heterocycles. The smallest absolute Gasteiger partial charge is 0.314 e. The summed E-state index contributed by atoms with van der Waals surface area (Å²) in [7, 11) is 0. The fourth-order valence-electron chi connectivity index (χ4n) is 0.757. The van der Waals surface area contributed by atoms with E-state index in [0.29, 0.717) is 13.2 Å². The number of esters is 1. The zero-order valence-corrected chi connectivity index (χ0v) is 7.22. The van der Waals surface area contributed by atoms with Crippen LogP contribution in [0.1, 0.15) is 20.8 Å². The van der Waals surface area contributed by atoms with E-state index in [0.717, 1.165) is 0 Å². The van der Waals surface area contributed by atoms with Gasteiger partial charge in [0.2, 0.25) is 0 Å². The molecule has 0 bridgehead atoms. The monoisotopic (exact) mass is 158 g/mol. The summed E-state index contributed by atoms with van der Waals surface area (Å²) in [6, 6.07) is 0. The molecule has 3 nitrogen and oxygen atoms in total. The SMILES string of the molecule is CC(C)(C)OC(=O)C1COC1. The summed E-state index contributed by atoms with van der Waals surface area (Å²) in [5.74, 6) is -0.155. The van der Waals surface area contributed by atoms with Crippen molar-refractivity contribution < 1.29 is 14.3 Å². The molecule has 1 heterocycles. The Hall–Kier alpha value is -0.570. The van der Waals surface area contributed by atoms with E-state index in [-0.39, 0.29) is 17.5 Å². The van der Waals surface area contributed by atoms with Gasteiger partial charge in [-0.25, -0.2) is 0 Å². The summed E-state index contributed by atoms with van der Waals surface area (Å²) >= 11 is 0. The van der Waals surface area contributed by atoms with Crippen LogP contribution in [0, 0.1) is 5.92 Å². The number of rotatable bonds is 1. The Kier molecular flexibility index (Phi) is 2.18. The van der Waals surface area contributed by atoms with Crippen molar-refractivity contribution in [1.29, 1.82) is 0 Å². The molecule has 1 rings (SSSR count). The first-order chi connectivity index (χ1) is 4.99. The highest BCUT2D eigenvalue weighted by Gasteiger charge is 2.30. The van der Waals surface area contributed by atoms with Crippen LogP contribution in [0.4, 0.5) is 0 Å². The highest BCUT2D eigenvalue weighted by molar-refractivity contribution is 5.73. The molecule has 11 heavy (non-hydrogen) atoms. The van der Waals surface area contributed by atoms with Crippen molar-refractivity contribution in [2.45, 2.75) is 26.4 Å². The molecule has 0 aliphatic carbocycles. The molecule has 1 saturated heterocycles. The lowest BCUT2D eigenvalue weighted by atomic mass is 10.1. The molecule has 0 N–H and O–H groups in total. The largest absolute Gasteiger partial charge is 0.460 e. The molecule has 0 saturated carbocycles. The van der Waals surface area contributed by atoms with Crippen LogP contribution in [0.2, 0.25) is 0 Å². The molecule has 0 unspecified atom stereocenters. The van der Waals surface area contributed by atoms with Crippen LogP contribution in [-0.4, -0.2) is 24.8 Å². The van der Waals surface area contributed by atoms with E-state index < -0.39 is 0 Å². The molecule has 1 aliphatic rings. The number of hydrogen-bond donors (Lipinski definition) is 0. The summed E-state index contributed by atoms with van der Waals surface area (Å²) in [6.45, 7) is 6.64. The van der Waals surface area contributed by atoms with Crippen LogP contribution in [0.25, 0.3) is 0 Å². The van der Waals surface area contributed by atoms with Gasteiger partial charge >= 0.3 is 5.97 Å². The van der Waals surface area contributed by atoms with Crippen LogP contribution in [0.5, 0.6) is 0 Å². The van der Waals surface area contributed by atoms with Crippen molar-refractivity contribution in [2.24, 2.45) is 5.92 Å². The molecular weight excluding hydrogens is 144 g/mol.